The lowest BCUT2D eigenvalue weighted by molar-refractivity contribution is 0.102. The highest BCUT2D eigenvalue weighted by molar-refractivity contribution is 6.03. The summed E-state index contributed by atoms with van der Waals surface area (Å²) in [7, 11) is 1.56. The number of hydrogen-bond acceptors (Lipinski definition) is 6. The SMILES string of the molecule is COc1ccccc1NC(=O)c1ccnc(Nc2ccc(N3CCCC3)cc2)n1. The van der Waals surface area contributed by atoms with Crippen LogP contribution in [-0.4, -0.2) is 36.1 Å². The quantitative estimate of drug-likeness (QED) is 0.661. The number of carbonyl (C=O) groups is 1. The molecule has 148 valence electrons. The number of aromatic nitrogens is 2. The van der Waals surface area contributed by atoms with Crippen molar-refractivity contribution in [3.05, 3.63) is 66.5 Å². The minimum absolute atomic E-state index is 0.266. The summed E-state index contributed by atoms with van der Waals surface area (Å²) in [5.74, 6) is 0.627. The molecule has 0 bridgehead atoms. The number of para-hydroxylation sites is 2. The number of hydrogen-bond donors (Lipinski definition) is 2. The molecule has 1 saturated heterocycles. The first kappa shape index (κ1) is 18.7. The van der Waals surface area contributed by atoms with Crippen molar-refractivity contribution in [1.29, 1.82) is 0 Å². The molecule has 0 unspecified atom stereocenters. The number of anilines is 4. The average Bonchev–Trinajstić information content (AvgIpc) is 3.30. The van der Waals surface area contributed by atoms with Gasteiger partial charge in [0.1, 0.15) is 11.4 Å². The third-order valence-corrected chi connectivity index (χ3v) is 4.84. The molecule has 1 aliphatic rings. The Labute approximate surface area is 169 Å². The largest absolute Gasteiger partial charge is 0.495 e. The van der Waals surface area contributed by atoms with Crippen molar-refractivity contribution < 1.29 is 9.53 Å². The summed E-state index contributed by atoms with van der Waals surface area (Å²) >= 11 is 0. The van der Waals surface area contributed by atoms with Gasteiger partial charge in [-0.1, -0.05) is 12.1 Å². The molecular weight excluding hydrogens is 366 g/mol. The standard InChI is InChI=1S/C22H23N5O2/c1-29-20-7-3-2-6-18(20)25-21(28)19-12-13-23-22(26-19)24-16-8-10-17(11-9-16)27-14-4-5-15-27/h2-3,6-13H,4-5,14-15H2,1H3,(H,25,28)(H,23,24,26). The zero-order chi connectivity index (χ0) is 20.1. The van der Waals surface area contributed by atoms with E-state index in [1.165, 1.54) is 18.5 Å². The molecule has 29 heavy (non-hydrogen) atoms. The number of nitrogens with zero attached hydrogens (tertiary/aromatic N) is 3. The highest BCUT2D eigenvalue weighted by Gasteiger charge is 2.13. The van der Waals surface area contributed by atoms with Gasteiger partial charge in [-0.2, -0.15) is 0 Å². The van der Waals surface area contributed by atoms with Crippen molar-refractivity contribution >= 4 is 28.9 Å². The Morgan fingerprint density at radius 1 is 1.03 bits per heavy atom. The van der Waals surface area contributed by atoms with Gasteiger partial charge in [-0.15, -0.1) is 0 Å². The molecule has 1 aromatic heterocycles. The van der Waals surface area contributed by atoms with Crippen LogP contribution < -0.4 is 20.3 Å². The molecule has 7 nitrogen and oxygen atoms in total. The Kier molecular flexibility index (Phi) is 5.56. The van der Waals surface area contributed by atoms with E-state index in [1.807, 2.05) is 24.3 Å². The van der Waals surface area contributed by atoms with E-state index >= 15 is 0 Å². The number of benzene rings is 2. The van der Waals surface area contributed by atoms with Gasteiger partial charge >= 0.3 is 0 Å². The second-order valence-electron chi connectivity index (χ2n) is 6.79. The predicted molar refractivity (Wildman–Crippen MR) is 114 cm³/mol. The minimum Gasteiger partial charge on any atom is -0.495 e. The van der Waals surface area contributed by atoms with Crippen molar-refractivity contribution in [2.75, 3.05) is 35.7 Å². The van der Waals surface area contributed by atoms with Crippen LogP contribution in [0, 0.1) is 0 Å². The van der Waals surface area contributed by atoms with E-state index in [-0.39, 0.29) is 11.6 Å². The van der Waals surface area contributed by atoms with Crippen LogP contribution in [0.2, 0.25) is 0 Å². The molecule has 4 rings (SSSR count). The van der Waals surface area contributed by atoms with Crippen LogP contribution in [0.5, 0.6) is 5.75 Å². The normalized spacial score (nSPS) is 13.2. The lowest BCUT2D eigenvalue weighted by atomic mass is 10.2. The Morgan fingerprint density at radius 3 is 2.55 bits per heavy atom. The van der Waals surface area contributed by atoms with Crippen LogP contribution in [0.25, 0.3) is 0 Å². The van der Waals surface area contributed by atoms with E-state index in [2.05, 4.69) is 37.6 Å². The molecule has 0 radical (unpaired) electrons. The molecule has 1 fully saturated rings. The van der Waals surface area contributed by atoms with E-state index < -0.39 is 0 Å². The summed E-state index contributed by atoms with van der Waals surface area (Å²) in [5.41, 5.74) is 2.95. The third kappa shape index (κ3) is 4.45. The van der Waals surface area contributed by atoms with Crippen molar-refractivity contribution in [2.45, 2.75) is 12.8 Å². The molecule has 2 heterocycles. The van der Waals surface area contributed by atoms with Gasteiger partial charge in [0.2, 0.25) is 5.95 Å². The third-order valence-electron chi connectivity index (χ3n) is 4.84. The number of nitrogens with one attached hydrogen (secondary N) is 2. The van der Waals surface area contributed by atoms with Crippen LogP contribution in [0.1, 0.15) is 23.3 Å². The van der Waals surface area contributed by atoms with Gasteiger partial charge < -0.3 is 20.3 Å². The van der Waals surface area contributed by atoms with Crippen LogP contribution >= 0.6 is 0 Å². The van der Waals surface area contributed by atoms with E-state index in [0.717, 1.165) is 18.8 Å². The first-order valence-electron chi connectivity index (χ1n) is 9.62. The molecule has 1 amide bonds. The Balaban J connectivity index is 1.45. The molecule has 1 aliphatic heterocycles. The highest BCUT2D eigenvalue weighted by Crippen LogP contribution is 2.24. The zero-order valence-corrected chi connectivity index (χ0v) is 16.3. The maximum atomic E-state index is 12.6. The smallest absolute Gasteiger partial charge is 0.274 e. The number of carbonyl (C=O) groups excluding carboxylic acids is 1. The maximum absolute atomic E-state index is 12.6. The molecule has 2 aromatic carbocycles. The van der Waals surface area contributed by atoms with Gasteiger partial charge in [0, 0.05) is 30.7 Å². The number of ether oxygens (including phenoxy) is 1. The molecule has 7 heteroatoms. The molecule has 0 saturated carbocycles. The molecule has 3 aromatic rings. The lowest BCUT2D eigenvalue weighted by Crippen LogP contribution is -2.17. The van der Waals surface area contributed by atoms with Crippen LogP contribution in [0.3, 0.4) is 0 Å². The lowest BCUT2D eigenvalue weighted by Gasteiger charge is -2.17. The average molecular weight is 389 g/mol. The van der Waals surface area contributed by atoms with Gasteiger partial charge in [0.05, 0.1) is 12.8 Å². The fraction of sp³-hybridized carbons (Fsp3) is 0.227. The van der Waals surface area contributed by atoms with E-state index in [0.29, 0.717) is 17.4 Å². The second-order valence-corrected chi connectivity index (χ2v) is 6.79. The van der Waals surface area contributed by atoms with Crippen molar-refractivity contribution in [3.8, 4) is 5.75 Å². The molecule has 0 spiro atoms. The Hall–Kier alpha value is -3.61. The first-order valence-corrected chi connectivity index (χ1v) is 9.62. The molecular formula is C22H23N5O2. The van der Waals surface area contributed by atoms with Crippen molar-refractivity contribution in [3.63, 3.8) is 0 Å². The summed E-state index contributed by atoms with van der Waals surface area (Å²) in [6, 6.07) is 17.0. The summed E-state index contributed by atoms with van der Waals surface area (Å²) in [4.78, 5) is 23.5. The minimum atomic E-state index is -0.329. The Bertz CT molecular complexity index is 985. The van der Waals surface area contributed by atoms with Gasteiger partial charge in [-0.25, -0.2) is 9.97 Å². The monoisotopic (exact) mass is 389 g/mol. The Morgan fingerprint density at radius 2 is 1.79 bits per heavy atom. The summed E-state index contributed by atoms with van der Waals surface area (Å²) in [6.07, 6.45) is 4.06. The van der Waals surface area contributed by atoms with E-state index in [4.69, 9.17) is 4.74 Å². The first-order chi connectivity index (χ1) is 14.2. The number of methoxy groups -OCH3 is 1. The van der Waals surface area contributed by atoms with Gasteiger partial charge in [0.15, 0.2) is 0 Å². The zero-order valence-electron chi connectivity index (χ0n) is 16.3. The van der Waals surface area contributed by atoms with E-state index in [1.54, 1.807) is 31.5 Å². The van der Waals surface area contributed by atoms with Crippen LogP contribution in [0.4, 0.5) is 23.0 Å². The highest BCUT2D eigenvalue weighted by atomic mass is 16.5. The van der Waals surface area contributed by atoms with Gasteiger partial charge in [-0.3, -0.25) is 4.79 Å². The fourth-order valence-corrected chi connectivity index (χ4v) is 3.34. The van der Waals surface area contributed by atoms with E-state index in [9.17, 15) is 4.79 Å². The molecule has 0 aliphatic carbocycles. The predicted octanol–water partition coefficient (Wildman–Crippen LogP) is 4.08. The summed E-state index contributed by atoms with van der Waals surface area (Å²) in [5, 5.41) is 5.98. The van der Waals surface area contributed by atoms with Crippen LogP contribution in [0.15, 0.2) is 60.8 Å². The summed E-state index contributed by atoms with van der Waals surface area (Å²) < 4.78 is 5.27. The maximum Gasteiger partial charge on any atom is 0.274 e. The van der Waals surface area contributed by atoms with Crippen molar-refractivity contribution in [2.24, 2.45) is 0 Å². The number of amides is 1. The molecule has 2 N–H and O–H groups in total. The van der Waals surface area contributed by atoms with Gasteiger partial charge in [-0.05, 0) is 55.3 Å². The number of rotatable bonds is 6. The topological polar surface area (TPSA) is 79.4 Å². The summed E-state index contributed by atoms with van der Waals surface area (Å²) in [6.45, 7) is 2.22. The van der Waals surface area contributed by atoms with Crippen LogP contribution in [-0.2, 0) is 0 Å². The van der Waals surface area contributed by atoms with Crippen molar-refractivity contribution in [1.82, 2.24) is 9.97 Å². The van der Waals surface area contributed by atoms with Gasteiger partial charge in [0.25, 0.3) is 5.91 Å². The fourth-order valence-electron chi connectivity index (χ4n) is 3.34. The molecule has 0 atom stereocenters. The second kappa shape index (κ2) is 8.60.